The number of rotatable bonds is 4. The zero-order valence-corrected chi connectivity index (χ0v) is 10.6. The van der Waals surface area contributed by atoms with Gasteiger partial charge in [-0.3, -0.25) is 0 Å². The molecule has 0 saturated heterocycles. The van der Waals surface area contributed by atoms with Crippen LogP contribution in [-0.2, 0) is 9.84 Å². The highest BCUT2D eigenvalue weighted by Crippen LogP contribution is 2.18. The largest absolute Gasteiger partial charge is 0.476 e. The van der Waals surface area contributed by atoms with Crippen molar-refractivity contribution in [1.29, 1.82) is 0 Å². The first-order valence-electron chi connectivity index (χ1n) is 5.12. The lowest BCUT2D eigenvalue weighted by atomic mass is 10.3. The molecule has 2 aromatic rings. The van der Waals surface area contributed by atoms with Gasteiger partial charge in [0.15, 0.2) is 15.5 Å². The molecule has 0 bridgehead atoms. The number of hydrogen-bond donors (Lipinski definition) is 2. The number of benzene rings is 1. The van der Waals surface area contributed by atoms with Crippen LogP contribution in [0.15, 0.2) is 39.8 Å². The van der Waals surface area contributed by atoms with Gasteiger partial charge in [0.1, 0.15) is 6.26 Å². The second-order valence-corrected chi connectivity index (χ2v) is 5.78. The van der Waals surface area contributed by atoms with Crippen molar-refractivity contribution in [3.63, 3.8) is 0 Å². The van der Waals surface area contributed by atoms with Crippen LogP contribution in [0.5, 0.6) is 0 Å². The van der Waals surface area contributed by atoms with Crippen LogP contribution in [0, 0.1) is 0 Å². The maximum absolute atomic E-state index is 11.3. The second kappa shape index (κ2) is 4.73. The molecule has 1 aromatic heterocycles. The molecule has 0 fully saturated rings. The first kappa shape index (κ1) is 13.1. The van der Waals surface area contributed by atoms with Gasteiger partial charge in [-0.15, -0.1) is 0 Å². The predicted molar refractivity (Wildman–Crippen MR) is 66.3 cm³/mol. The van der Waals surface area contributed by atoms with Crippen LogP contribution in [0.2, 0.25) is 0 Å². The quantitative estimate of drug-likeness (QED) is 0.874. The molecule has 0 atom stereocenters. The Labute approximate surface area is 108 Å². The van der Waals surface area contributed by atoms with Gasteiger partial charge in [0.05, 0.1) is 4.90 Å². The monoisotopic (exact) mass is 282 g/mol. The van der Waals surface area contributed by atoms with Crippen molar-refractivity contribution >= 4 is 27.5 Å². The molecule has 0 aliphatic heterocycles. The first-order valence-corrected chi connectivity index (χ1v) is 7.01. The van der Waals surface area contributed by atoms with E-state index < -0.39 is 15.8 Å². The fraction of sp³-hybridized carbons (Fsp3) is 0.0909. The summed E-state index contributed by atoms with van der Waals surface area (Å²) in [4.78, 5) is 14.5. The fourth-order valence-electron chi connectivity index (χ4n) is 1.34. The SMILES string of the molecule is CS(=O)(=O)c1ccc(Nc2nc(C(=O)O)co2)cc1. The highest BCUT2D eigenvalue weighted by molar-refractivity contribution is 7.90. The number of carbonyl (C=O) groups is 1. The Balaban J connectivity index is 2.17. The van der Waals surface area contributed by atoms with Crippen molar-refractivity contribution in [3.8, 4) is 0 Å². The number of aromatic carboxylic acids is 1. The average molecular weight is 282 g/mol. The molecule has 0 saturated carbocycles. The van der Waals surface area contributed by atoms with Crippen molar-refractivity contribution in [2.75, 3.05) is 11.6 Å². The van der Waals surface area contributed by atoms with E-state index in [1.165, 1.54) is 24.3 Å². The number of hydrogen-bond acceptors (Lipinski definition) is 6. The van der Waals surface area contributed by atoms with Gasteiger partial charge in [-0.2, -0.15) is 4.98 Å². The summed E-state index contributed by atoms with van der Waals surface area (Å²) in [6.07, 6.45) is 2.12. The molecule has 0 aliphatic carbocycles. The van der Waals surface area contributed by atoms with Crippen LogP contribution in [0.25, 0.3) is 0 Å². The smallest absolute Gasteiger partial charge is 0.357 e. The number of sulfone groups is 1. The number of carboxylic acids is 1. The molecule has 19 heavy (non-hydrogen) atoms. The Morgan fingerprint density at radius 1 is 1.32 bits per heavy atom. The molecule has 0 spiro atoms. The molecule has 2 N–H and O–H groups in total. The topological polar surface area (TPSA) is 110 Å². The van der Waals surface area contributed by atoms with E-state index in [-0.39, 0.29) is 16.6 Å². The Morgan fingerprint density at radius 3 is 2.42 bits per heavy atom. The zero-order valence-electron chi connectivity index (χ0n) is 9.82. The summed E-state index contributed by atoms with van der Waals surface area (Å²) in [6.45, 7) is 0. The molecular weight excluding hydrogens is 272 g/mol. The Bertz CT molecular complexity index is 703. The van der Waals surface area contributed by atoms with Gasteiger partial charge in [0.25, 0.3) is 6.01 Å². The molecule has 0 amide bonds. The molecule has 100 valence electrons. The fourth-order valence-corrected chi connectivity index (χ4v) is 1.97. The van der Waals surface area contributed by atoms with Crippen LogP contribution in [0.3, 0.4) is 0 Å². The summed E-state index contributed by atoms with van der Waals surface area (Å²) in [5.41, 5.74) is 0.321. The third kappa shape index (κ3) is 3.10. The van der Waals surface area contributed by atoms with Crippen molar-refractivity contribution in [2.24, 2.45) is 0 Å². The van der Waals surface area contributed by atoms with Gasteiger partial charge >= 0.3 is 5.97 Å². The Kier molecular flexibility index (Phi) is 3.26. The summed E-state index contributed by atoms with van der Waals surface area (Å²) in [6, 6.07) is 5.93. The van der Waals surface area contributed by atoms with Gasteiger partial charge in [-0.05, 0) is 24.3 Å². The maximum atomic E-state index is 11.3. The standard InChI is InChI=1S/C11H10N2O5S/c1-19(16,17)8-4-2-7(3-5-8)12-11-13-9(6-18-11)10(14)15/h2-6H,1H3,(H,12,13)(H,14,15). The van der Waals surface area contributed by atoms with E-state index in [1.807, 2.05) is 0 Å². The number of oxazole rings is 1. The molecular formula is C11H10N2O5S. The van der Waals surface area contributed by atoms with E-state index >= 15 is 0 Å². The van der Waals surface area contributed by atoms with Gasteiger partial charge < -0.3 is 14.8 Å². The predicted octanol–water partition coefficient (Wildman–Crippen LogP) is 1.52. The third-order valence-corrected chi connectivity index (χ3v) is 3.39. The molecule has 0 radical (unpaired) electrons. The minimum absolute atomic E-state index is 0.0181. The lowest BCUT2D eigenvalue weighted by molar-refractivity contribution is 0.0690. The van der Waals surface area contributed by atoms with Gasteiger partial charge in [-0.25, -0.2) is 13.2 Å². The number of carboxylic acid groups (broad SMARTS) is 1. The highest BCUT2D eigenvalue weighted by Gasteiger charge is 2.11. The minimum Gasteiger partial charge on any atom is -0.476 e. The number of nitrogens with one attached hydrogen (secondary N) is 1. The van der Waals surface area contributed by atoms with Crippen molar-refractivity contribution < 1.29 is 22.7 Å². The number of aromatic nitrogens is 1. The normalized spacial score (nSPS) is 11.2. The summed E-state index contributed by atoms with van der Waals surface area (Å²) in [5, 5.41) is 11.4. The Hall–Kier alpha value is -2.35. The molecule has 2 rings (SSSR count). The van der Waals surface area contributed by atoms with E-state index in [9.17, 15) is 13.2 Å². The van der Waals surface area contributed by atoms with Gasteiger partial charge in [0.2, 0.25) is 0 Å². The van der Waals surface area contributed by atoms with Crippen molar-refractivity contribution in [1.82, 2.24) is 4.98 Å². The van der Waals surface area contributed by atoms with Crippen LogP contribution < -0.4 is 5.32 Å². The third-order valence-electron chi connectivity index (χ3n) is 2.26. The summed E-state index contributed by atoms with van der Waals surface area (Å²) >= 11 is 0. The van der Waals surface area contributed by atoms with Gasteiger partial charge in [0, 0.05) is 11.9 Å². The van der Waals surface area contributed by atoms with Crippen LogP contribution >= 0.6 is 0 Å². The molecule has 1 aromatic carbocycles. The number of anilines is 2. The van der Waals surface area contributed by atoms with E-state index in [2.05, 4.69) is 10.3 Å². The van der Waals surface area contributed by atoms with E-state index in [4.69, 9.17) is 9.52 Å². The second-order valence-electron chi connectivity index (χ2n) is 3.76. The summed E-state index contributed by atoms with van der Waals surface area (Å²) < 4.78 is 27.4. The minimum atomic E-state index is -3.24. The first-order chi connectivity index (χ1) is 8.86. The summed E-state index contributed by atoms with van der Waals surface area (Å²) in [5.74, 6) is -1.19. The molecule has 8 heteroatoms. The van der Waals surface area contributed by atoms with Crippen LogP contribution in [-0.4, -0.2) is 30.7 Å². The van der Waals surface area contributed by atoms with Gasteiger partial charge in [-0.1, -0.05) is 0 Å². The molecule has 0 unspecified atom stereocenters. The Morgan fingerprint density at radius 2 is 1.95 bits per heavy atom. The van der Waals surface area contributed by atoms with E-state index in [0.29, 0.717) is 5.69 Å². The van der Waals surface area contributed by atoms with E-state index in [0.717, 1.165) is 12.5 Å². The molecule has 0 aliphatic rings. The average Bonchev–Trinajstić information content (AvgIpc) is 2.77. The maximum Gasteiger partial charge on any atom is 0.357 e. The zero-order chi connectivity index (χ0) is 14.0. The molecule has 1 heterocycles. The van der Waals surface area contributed by atoms with Crippen molar-refractivity contribution in [2.45, 2.75) is 4.90 Å². The van der Waals surface area contributed by atoms with Crippen LogP contribution in [0.4, 0.5) is 11.7 Å². The lowest BCUT2D eigenvalue weighted by Crippen LogP contribution is -1.98. The molecule has 7 nitrogen and oxygen atoms in total. The van der Waals surface area contributed by atoms with Crippen molar-refractivity contribution in [3.05, 3.63) is 36.2 Å². The highest BCUT2D eigenvalue weighted by atomic mass is 32.2. The van der Waals surface area contributed by atoms with E-state index in [1.54, 1.807) is 0 Å². The number of nitrogens with zero attached hydrogens (tertiary/aromatic N) is 1. The summed E-state index contributed by atoms with van der Waals surface area (Å²) in [7, 11) is -3.24. The lowest BCUT2D eigenvalue weighted by Gasteiger charge is -2.02. The van der Waals surface area contributed by atoms with Crippen LogP contribution in [0.1, 0.15) is 10.5 Å².